The number of nitrogens with one attached hydrogen (secondary N) is 8. The van der Waals surface area contributed by atoms with Crippen LogP contribution in [0.2, 0.25) is 0 Å². The molecule has 10 amide bonds. The third-order valence-corrected chi connectivity index (χ3v) is 10.6. The molecule has 0 aliphatic carbocycles. The molecule has 1 aliphatic heterocycles. The van der Waals surface area contributed by atoms with Crippen LogP contribution in [-0.2, 0) is 52.7 Å². The Morgan fingerprint density at radius 3 is 2.00 bits per heavy atom. The summed E-state index contributed by atoms with van der Waals surface area (Å²) in [5, 5.41) is 58.7. The Kier molecular flexibility index (Phi) is 25.8. The number of guanidine groups is 1. The van der Waals surface area contributed by atoms with Gasteiger partial charge >= 0.3 is 5.97 Å². The zero-order valence-corrected chi connectivity index (χ0v) is 39.4. The first-order valence-electron chi connectivity index (χ1n) is 21.9. The molecule has 10 atom stereocenters. The number of carboxylic acid groups (broad SMARTS) is 1. The van der Waals surface area contributed by atoms with Crippen LogP contribution in [0, 0.1) is 11.8 Å². The third kappa shape index (κ3) is 20.8. The molecule has 1 aliphatic rings. The maximum absolute atomic E-state index is 13.6. The number of aliphatic imine (C=N–C) groups is 1. The highest BCUT2D eigenvalue weighted by Crippen LogP contribution is 2.13. The first-order valence-corrected chi connectivity index (χ1v) is 21.9. The highest BCUT2D eigenvalue weighted by molar-refractivity contribution is 6.01. The Morgan fingerprint density at radius 2 is 1.42 bits per heavy atom. The number of carboxylic acids is 1. The van der Waals surface area contributed by atoms with Crippen molar-refractivity contribution < 1.29 is 73.4 Å². The number of allylic oxidation sites excluding steroid dienone is 1. The number of aliphatic hydroxyl groups is 1. The van der Waals surface area contributed by atoms with Crippen LogP contribution < -0.4 is 59.7 Å². The van der Waals surface area contributed by atoms with Gasteiger partial charge in [-0.1, -0.05) is 13.0 Å². The van der Waals surface area contributed by atoms with Crippen molar-refractivity contribution in [3.05, 3.63) is 11.8 Å². The summed E-state index contributed by atoms with van der Waals surface area (Å²) in [7, 11) is 0. The van der Waals surface area contributed by atoms with Gasteiger partial charge < -0.3 is 69.9 Å². The summed E-state index contributed by atoms with van der Waals surface area (Å²) < 4.78 is 0. The van der Waals surface area contributed by atoms with Crippen molar-refractivity contribution in [3.8, 4) is 0 Å². The zero-order valence-electron chi connectivity index (χ0n) is 39.4. The van der Waals surface area contributed by atoms with Crippen molar-refractivity contribution in [1.82, 2.24) is 52.7 Å². The zero-order chi connectivity index (χ0) is 52.7. The first kappa shape index (κ1) is 60.0. The number of aliphatic hydroxyl groups excluding tert-OH is 1. The molecule has 0 aromatic carbocycles. The minimum Gasteiger partial charge on any atom is -0.481 e. The molecule has 29 heteroatoms. The fraction of sp³-hybridized carbons (Fsp3) is 0.650. The van der Waals surface area contributed by atoms with Crippen LogP contribution in [0.1, 0.15) is 80.1 Å². The molecule has 0 aromatic rings. The molecule has 10 unspecified atom stereocenters. The summed E-state index contributed by atoms with van der Waals surface area (Å²) >= 11 is 0. The van der Waals surface area contributed by atoms with Gasteiger partial charge in [0.1, 0.15) is 41.9 Å². The minimum atomic E-state index is -1.70. The minimum absolute atomic E-state index is 0.0273. The Hall–Kier alpha value is -6.98. The number of hydrogen-bond acceptors (Lipinski definition) is 16. The van der Waals surface area contributed by atoms with Crippen molar-refractivity contribution in [3.63, 3.8) is 0 Å². The van der Waals surface area contributed by atoms with E-state index in [2.05, 4.69) is 47.5 Å². The van der Waals surface area contributed by atoms with Crippen molar-refractivity contribution in [2.45, 2.75) is 128 Å². The Balaban J connectivity index is 3.05. The molecular weight excluding hydrogens is 917 g/mol. The maximum atomic E-state index is 13.6. The van der Waals surface area contributed by atoms with E-state index in [9.17, 15) is 73.4 Å². The van der Waals surface area contributed by atoms with E-state index in [0.29, 0.717) is 11.5 Å². The standard InChI is InChI=1S/C40H68N14O15/c1-7-24(48-28(56)17-45-32(59)22(5)47-37(64)29(19(2)39(66)67)52-31(58)20(3)30(57)21(4)41)34(61)50-26(12-9-15-53(68)18-55)35(62)46-23(6)33(60)49-25(11-8-14-44-40(42)43)36(63)51-27-13-10-16-54(69)38(27)65/h7,18-23,25-27,29-30,57,68-69H,8-17,41H2,1-6H3,(H,45,59)(H,46,62)(H,47,64)(H,48,56)(H,49,60)(H,50,61)(H,51,63)(H,52,58)(H,66,67)(H4,42,43,44)/b24-7+. The van der Waals surface area contributed by atoms with Gasteiger partial charge in [-0.25, -0.2) is 10.1 Å². The molecule has 1 fully saturated rings. The molecule has 0 aromatic heterocycles. The van der Waals surface area contributed by atoms with Gasteiger partial charge in [-0.2, -0.15) is 0 Å². The van der Waals surface area contributed by atoms with E-state index in [0.717, 1.165) is 13.0 Å². The number of rotatable bonds is 29. The van der Waals surface area contributed by atoms with Crippen LogP contribution in [-0.4, -0.2) is 177 Å². The van der Waals surface area contributed by atoms with E-state index in [1.165, 1.54) is 34.6 Å². The number of nitrogens with zero attached hydrogens (tertiary/aromatic N) is 3. The number of carbonyl (C=O) groups is 11. The van der Waals surface area contributed by atoms with E-state index < -0.39 is 132 Å². The Morgan fingerprint density at radius 1 is 0.826 bits per heavy atom. The number of amides is 10. The molecule has 18 N–H and O–H groups in total. The fourth-order valence-corrected chi connectivity index (χ4v) is 6.33. The van der Waals surface area contributed by atoms with E-state index in [4.69, 9.17) is 17.2 Å². The molecule has 0 bridgehead atoms. The molecule has 1 heterocycles. The fourth-order valence-electron chi connectivity index (χ4n) is 6.33. The van der Waals surface area contributed by atoms with E-state index >= 15 is 0 Å². The van der Waals surface area contributed by atoms with Gasteiger partial charge in [0.2, 0.25) is 47.8 Å². The van der Waals surface area contributed by atoms with Crippen LogP contribution in [0.3, 0.4) is 0 Å². The van der Waals surface area contributed by atoms with Gasteiger partial charge in [0.15, 0.2) is 5.96 Å². The van der Waals surface area contributed by atoms with Crippen molar-refractivity contribution in [2.24, 2.45) is 34.0 Å². The lowest BCUT2D eigenvalue weighted by Crippen LogP contribution is -2.58. The second-order valence-electron chi connectivity index (χ2n) is 16.3. The summed E-state index contributed by atoms with van der Waals surface area (Å²) in [6.45, 7) is 6.78. The second-order valence-corrected chi connectivity index (χ2v) is 16.3. The first-order chi connectivity index (χ1) is 32.2. The molecule has 388 valence electrons. The Labute approximate surface area is 397 Å². The van der Waals surface area contributed by atoms with Crippen molar-refractivity contribution in [2.75, 3.05) is 26.2 Å². The van der Waals surface area contributed by atoms with Gasteiger partial charge in [0.25, 0.3) is 11.8 Å². The van der Waals surface area contributed by atoms with Gasteiger partial charge in [-0.05, 0) is 73.1 Å². The summed E-state index contributed by atoms with van der Waals surface area (Å²) in [6.07, 6.45) is 0.374. The number of hydrogen-bond donors (Lipinski definition) is 15. The highest BCUT2D eigenvalue weighted by atomic mass is 16.5. The lowest BCUT2D eigenvalue weighted by molar-refractivity contribution is -0.173. The van der Waals surface area contributed by atoms with Gasteiger partial charge in [-0.3, -0.25) is 68.1 Å². The topological polar surface area (TPSA) is 462 Å². The van der Waals surface area contributed by atoms with Crippen LogP contribution >= 0.6 is 0 Å². The quantitative estimate of drug-likeness (QED) is 0.00631. The largest absolute Gasteiger partial charge is 0.481 e. The smallest absolute Gasteiger partial charge is 0.308 e. The molecule has 0 spiro atoms. The van der Waals surface area contributed by atoms with Crippen LogP contribution in [0.5, 0.6) is 0 Å². The average Bonchev–Trinajstić information content (AvgIpc) is 3.29. The summed E-state index contributed by atoms with van der Waals surface area (Å²) in [4.78, 5) is 144. The van der Waals surface area contributed by atoms with E-state index in [1.54, 1.807) is 0 Å². The molecule has 1 rings (SSSR count). The van der Waals surface area contributed by atoms with E-state index in [-0.39, 0.29) is 69.2 Å². The number of aliphatic carboxylic acids is 1. The van der Waals surface area contributed by atoms with Gasteiger partial charge in [0, 0.05) is 25.7 Å². The molecular formula is C40H68N14O15. The summed E-state index contributed by atoms with van der Waals surface area (Å²) in [5.74, 6) is -12.6. The second kappa shape index (κ2) is 29.7. The molecule has 0 radical (unpaired) electrons. The van der Waals surface area contributed by atoms with Crippen LogP contribution in [0.25, 0.3) is 0 Å². The van der Waals surface area contributed by atoms with Gasteiger partial charge in [0.05, 0.1) is 24.5 Å². The number of carbonyl (C=O) groups excluding carboxylic acids is 10. The summed E-state index contributed by atoms with van der Waals surface area (Å²) in [5.41, 5.74) is 16.0. The van der Waals surface area contributed by atoms with Crippen LogP contribution in [0.15, 0.2) is 16.8 Å². The number of piperidine rings is 1. The summed E-state index contributed by atoms with van der Waals surface area (Å²) in [6, 6.07) is -9.14. The van der Waals surface area contributed by atoms with Crippen molar-refractivity contribution >= 4 is 71.5 Å². The average molecular weight is 985 g/mol. The predicted molar refractivity (Wildman–Crippen MR) is 240 cm³/mol. The van der Waals surface area contributed by atoms with E-state index in [1.807, 2.05) is 0 Å². The van der Waals surface area contributed by atoms with Crippen LogP contribution in [0.4, 0.5) is 0 Å². The molecule has 0 saturated carbocycles. The monoisotopic (exact) mass is 984 g/mol. The number of hydroxylamine groups is 4. The lowest BCUT2D eigenvalue weighted by atomic mass is 9.96. The lowest BCUT2D eigenvalue weighted by Gasteiger charge is -2.29. The molecule has 1 saturated heterocycles. The normalized spacial score (nSPS) is 17.5. The highest BCUT2D eigenvalue weighted by Gasteiger charge is 2.37. The third-order valence-electron chi connectivity index (χ3n) is 10.6. The predicted octanol–water partition coefficient (Wildman–Crippen LogP) is -6.17. The molecule has 69 heavy (non-hydrogen) atoms. The van der Waals surface area contributed by atoms with Gasteiger partial charge in [-0.15, -0.1) is 0 Å². The number of nitrogens with two attached hydrogens (primary N) is 3. The molecule has 29 nitrogen and oxygen atoms in total. The SMILES string of the molecule is C/C=C(/NC(=O)CNC(=O)C(C)NC(=O)C(NC(=O)C(C)C(O)C(C)N)C(C)C(=O)O)C(=O)NC(CCCN(O)C=O)C(=O)NC(C)C(=O)NC(CCCN=C(N)N)C(=O)NC1CCCN(O)C1=O. The maximum Gasteiger partial charge on any atom is 0.308 e. The van der Waals surface area contributed by atoms with Crippen molar-refractivity contribution in [1.29, 1.82) is 0 Å². The Bertz CT molecular complexity index is 1910.